The summed E-state index contributed by atoms with van der Waals surface area (Å²) >= 11 is 0. The molecule has 1 atom stereocenters. The van der Waals surface area contributed by atoms with Gasteiger partial charge in [-0.3, -0.25) is 9.69 Å². The Morgan fingerprint density at radius 1 is 1.23 bits per heavy atom. The molecule has 2 fully saturated rings. The number of carbonyl (C=O) groups is 1. The van der Waals surface area contributed by atoms with Crippen LogP contribution in [0.25, 0.3) is 0 Å². The molecule has 2 saturated heterocycles. The first-order valence-corrected chi connectivity index (χ1v) is 8.06. The minimum Gasteiger partial charge on any atom is -0.464 e. The van der Waals surface area contributed by atoms with Crippen LogP contribution in [0.2, 0.25) is 0 Å². The van der Waals surface area contributed by atoms with Crippen LogP contribution >= 0.6 is 0 Å². The van der Waals surface area contributed by atoms with Crippen LogP contribution in [0.15, 0.2) is 6.07 Å². The molecule has 0 radical (unpaired) electrons. The van der Waals surface area contributed by atoms with Gasteiger partial charge >= 0.3 is 5.97 Å². The Morgan fingerprint density at radius 2 is 1.95 bits per heavy atom. The van der Waals surface area contributed by atoms with Crippen LogP contribution in [0.1, 0.15) is 37.7 Å². The van der Waals surface area contributed by atoms with Crippen molar-refractivity contribution in [3.63, 3.8) is 0 Å². The molecule has 1 aromatic heterocycles. The number of ether oxygens (including phenoxy) is 1. The highest BCUT2D eigenvalue weighted by Gasteiger charge is 2.34. The molecule has 0 saturated carbocycles. The van der Waals surface area contributed by atoms with Crippen LogP contribution in [0, 0.1) is 6.92 Å². The molecule has 0 spiro atoms. The van der Waals surface area contributed by atoms with E-state index in [2.05, 4.69) is 28.6 Å². The van der Waals surface area contributed by atoms with Gasteiger partial charge in [-0.2, -0.15) is 0 Å². The summed E-state index contributed by atoms with van der Waals surface area (Å²) in [5, 5.41) is 0. The Labute approximate surface area is 131 Å². The third-order valence-corrected chi connectivity index (χ3v) is 4.36. The van der Waals surface area contributed by atoms with Crippen molar-refractivity contribution in [2.24, 2.45) is 0 Å². The number of aromatic nitrogens is 2. The number of carbonyl (C=O) groups excluding carboxylic acids is 1. The van der Waals surface area contributed by atoms with Gasteiger partial charge in [0, 0.05) is 50.3 Å². The fourth-order valence-corrected chi connectivity index (χ4v) is 3.07. The fraction of sp³-hybridized carbons (Fsp3) is 0.688. The molecule has 2 aliphatic heterocycles. The molecule has 0 amide bonds. The molecule has 1 unspecified atom stereocenters. The number of cyclic esters (lactones) is 1. The fourth-order valence-electron chi connectivity index (χ4n) is 3.07. The lowest BCUT2D eigenvalue weighted by Crippen LogP contribution is -2.52. The van der Waals surface area contributed by atoms with Crippen LogP contribution in [-0.4, -0.2) is 59.7 Å². The number of anilines is 1. The van der Waals surface area contributed by atoms with Crippen molar-refractivity contribution >= 4 is 11.8 Å². The highest BCUT2D eigenvalue weighted by atomic mass is 16.5. The molecule has 6 nitrogen and oxygen atoms in total. The maximum atomic E-state index is 11.7. The van der Waals surface area contributed by atoms with Gasteiger partial charge in [-0.15, -0.1) is 0 Å². The van der Waals surface area contributed by atoms with Crippen molar-refractivity contribution in [3.8, 4) is 0 Å². The smallest absolute Gasteiger partial charge is 0.323 e. The van der Waals surface area contributed by atoms with E-state index in [0.717, 1.165) is 49.9 Å². The first-order valence-electron chi connectivity index (χ1n) is 8.06. The van der Waals surface area contributed by atoms with Crippen molar-refractivity contribution in [2.75, 3.05) is 37.7 Å². The van der Waals surface area contributed by atoms with E-state index in [1.807, 2.05) is 13.0 Å². The standard InChI is InChI=1S/C16H24N4O2/c1-11(2)15-17-12(3)10-14(18-15)20-7-5-19(6-8-20)13-4-9-22-16(13)21/h10-11,13H,4-9H2,1-3H3. The Hall–Kier alpha value is -1.69. The number of piperazine rings is 1. The van der Waals surface area contributed by atoms with E-state index in [4.69, 9.17) is 9.72 Å². The second-order valence-corrected chi connectivity index (χ2v) is 6.38. The molecule has 3 rings (SSSR count). The van der Waals surface area contributed by atoms with E-state index >= 15 is 0 Å². The molecule has 0 bridgehead atoms. The van der Waals surface area contributed by atoms with Crippen LogP contribution in [-0.2, 0) is 9.53 Å². The predicted octanol–water partition coefficient (Wildman–Crippen LogP) is 1.35. The molecule has 0 aromatic carbocycles. The Bertz CT molecular complexity index is 553. The third-order valence-electron chi connectivity index (χ3n) is 4.36. The monoisotopic (exact) mass is 304 g/mol. The molecule has 2 aliphatic rings. The number of esters is 1. The first-order chi connectivity index (χ1) is 10.5. The van der Waals surface area contributed by atoms with Gasteiger partial charge in [0.1, 0.15) is 17.7 Å². The maximum Gasteiger partial charge on any atom is 0.323 e. The van der Waals surface area contributed by atoms with Crippen molar-refractivity contribution in [1.82, 2.24) is 14.9 Å². The largest absolute Gasteiger partial charge is 0.464 e. The van der Waals surface area contributed by atoms with Gasteiger partial charge in [0.05, 0.1) is 6.61 Å². The van der Waals surface area contributed by atoms with Crippen molar-refractivity contribution in [1.29, 1.82) is 0 Å². The zero-order valence-corrected chi connectivity index (χ0v) is 13.6. The number of hydrogen-bond acceptors (Lipinski definition) is 6. The quantitative estimate of drug-likeness (QED) is 0.786. The minimum atomic E-state index is -0.0616. The Kier molecular flexibility index (Phi) is 4.29. The van der Waals surface area contributed by atoms with Gasteiger partial charge in [0.15, 0.2) is 0 Å². The average Bonchev–Trinajstić information content (AvgIpc) is 2.93. The highest BCUT2D eigenvalue weighted by Crippen LogP contribution is 2.21. The SMILES string of the molecule is Cc1cc(N2CCN(C3CCOC3=O)CC2)nc(C(C)C)n1. The van der Waals surface area contributed by atoms with Crippen LogP contribution < -0.4 is 4.90 Å². The molecule has 1 aromatic rings. The normalized spacial score (nSPS) is 23.2. The number of nitrogens with zero attached hydrogens (tertiary/aromatic N) is 4. The molecule has 22 heavy (non-hydrogen) atoms. The van der Waals surface area contributed by atoms with Gasteiger partial charge in [0.2, 0.25) is 0 Å². The Balaban J connectivity index is 1.67. The van der Waals surface area contributed by atoms with E-state index in [0.29, 0.717) is 12.5 Å². The van der Waals surface area contributed by atoms with Gasteiger partial charge in [-0.25, -0.2) is 9.97 Å². The van der Waals surface area contributed by atoms with Crippen molar-refractivity contribution < 1.29 is 9.53 Å². The summed E-state index contributed by atoms with van der Waals surface area (Å²) < 4.78 is 5.07. The first kappa shape index (κ1) is 15.2. The molecule has 0 aliphatic carbocycles. The zero-order chi connectivity index (χ0) is 15.7. The highest BCUT2D eigenvalue weighted by molar-refractivity contribution is 5.77. The Morgan fingerprint density at radius 3 is 2.55 bits per heavy atom. The van der Waals surface area contributed by atoms with Crippen LogP contribution in [0.5, 0.6) is 0 Å². The molecule has 120 valence electrons. The minimum absolute atomic E-state index is 0.0412. The van der Waals surface area contributed by atoms with E-state index in [1.165, 1.54) is 0 Å². The summed E-state index contributed by atoms with van der Waals surface area (Å²) in [5.74, 6) is 2.17. The van der Waals surface area contributed by atoms with Crippen LogP contribution in [0.4, 0.5) is 5.82 Å². The second kappa shape index (κ2) is 6.20. The summed E-state index contributed by atoms with van der Waals surface area (Å²) in [6.07, 6.45) is 0.822. The molecule has 0 N–H and O–H groups in total. The topological polar surface area (TPSA) is 58.6 Å². The van der Waals surface area contributed by atoms with Gasteiger partial charge in [0.25, 0.3) is 0 Å². The van der Waals surface area contributed by atoms with Gasteiger partial charge < -0.3 is 9.64 Å². The lowest BCUT2D eigenvalue weighted by molar-refractivity contribution is -0.142. The molecular formula is C16H24N4O2. The third kappa shape index (κ3) is 3.06. The lowest BCUT2D eigenvalue weighted by Gasteiger charge is -2.37. The summed E-state index contributed by atoms with van der Waals surface area (Å²) in [7, 11) is 0. The molecule has 6 heteroatoms. The summed E-state index contributed by atoms with van der Waals surface area (Å²) in [6.45, 7) is 10.3. The van der Waals surface area contributed by atoms with E-state index < -0.39 is 0 Å². The molecule has 3 heterocycles. The summed E-state index contributed by atoms with van der Waals surface area (Å²) in [6, 6.07) is 2.01. The zero-order valence-electron chi connectivity index (χ0n) is 13.6. The average molecular weight is 304 g/mol. The molecular weight excluding hydrogens is 280 g/mol. The van der Waals surface area contributed by atoms with Crippen molar-refractivity contribution in [2.45, 2.75) is 39.2 Å². The number of aryl methyl sites for hydroxylation is 1. The predicted molar refractivity (Wildman–Crippen MR) is 84.0 cm³/mol. The van der Waals surface area contributed by atoms with E-state index in [9.17, 15) is 4.79 Å². The maximum absolute atomic E-state index is 11.7. The lowest BCUT2D eigenvalue weighted by atomic mass is 10.1. The van der Waals surface area contributed by atoms with Crippen LogP contribution in [0.3, 0.4) is 0 Å². The summed E-state index contributed by atoms with van der Waals surface area (Å²) in [5.41, 5.74) is 1.01. The van der Waals surface area contributed by atoms with Gasteiger partial charge in [-0.1, -0.05) is 13.8 Å². The number of rotatable bonds is 3. The van der Waals surface area contributed by atoms with Gasteiger partial charge in [-0.05, 0) is 6.92 Å². The van der Waals surface area contributed by atoms with E-state index in [-0.39, 0.29) is 12.0 Å². The van der Waals surface area contributed by atoms with Crippen molar-refractivity contribution in [3.05, 3.63) is 17.6 Å². The number of hydrogen-bond donors (Lipinski definition) is 0. The second-order valence-electron chi connectivity index (χ2n) is 6.38. The summed E-state index contributed by atoms with van der Waals surface area (Å²) in [4.78, 5) is 25.4. The van der Waals surface area contributed by atoms with E-state index in [1.54, 1.807) is 0 Å².